The van der Waals surface area contributed by atoms with Crippen LogP contribution in [0.1, 0.15) is 47.5 Å². The average Bonchev–Trinajstić information content (AvgIpc) is 2.42. The molecule has 1 fully saturated rings. The van der Waals surface area contributed by atoms with Crippen molar-refractivity contribution in [1.82, 2.24) is 10.2 Å². The lowest BCUT2D eigenvalue weighted by atomic mass is 9.96. The summed E-state index contributed by atoms with van der Waals surface area (Å²) in [5.74, 6) is 0.431. The fourth-order valence-electron chi connectivity index (χ4n) is 2.31. The molecular weight excluding hydrogens is 282 g/mol. The number of piperidine rings is 1. The summed E-state index contributed by atoms with van der Waals surface area (Å²) in [6, 6.07) is -0.457. The Hall–Kier alpha value is -1.30. The number of carbonyl (C=O) groups excluding carboxylic acids is 2. The normalized spacial score (nSPS) is 18.2. The second-order valence-electron chi connectivity index (χ2n) is 7.43. The SMILES string of the molecule is CC(C)[C@H](N)C(=O)NCC1CCN(C(=O)OC(C)(C)C)CC1. The predicted molar refractivity (Wildman–Crippen MR) is 86.4 cm³/mol. The molecule has 6 nitrogen and oxygen atoms in total. The molecule has 2 amide bonds. The van der Waals surface area contributed by atoms with Crippen LogP contribution < -0.4 is 11.1 Å². The number of carbonyl (C=O) groups is 2. The molecule has 1 atom stereocenters. The lowest BCUT2D eigenvalue weighted by molar-refractivity contribution is -0.123. The summed E-state index contributed by atoms with van der Waals surface area (Å²) in [4.78, 5) is 25.5. The molecule has 0 aromatic rings. The molecule has 128 valence electrons. The maximum absolute atomic E-state index is 12.0. The number of rotatable bonds is 4. The van der Waals surface area contributed by atoms with Gasteiger partial charge < -0.3 is 20.7 Å². The average molecular weight is 313 g/mol. The highest BCUT2D eigenvalue weighted by atomic mass is 16.6. The molecule has 3 N–H and O–H groups in total. The zero-order valence-corrected chi connectivity index (χ0v) is 14.5. The highest BCUT2D eigenvalue weighted by molar-refractivity contribution is 5.81. The van der Waals surface area contributed by atoms with Crippen LogP contribution in [0.3, 0.4) is 0 Å². The lowest BCUT2D eigenvalue weighted by Gasteiger charge is -2.33. The number of nitrogens with zero attached hydrogens (tertiary/aromatic N) is 1. The topological polar surface area (TPSA) is 84.7 Å². The van der Waals surface area contributed by atoms with E-state index < -0.39 is 11.6 Å². The molecule has 0 radical (unpaired) electrons. The van der Waals surface area contributed by atoms with Gasteiger partial charge in [0.2, 0.25) is 5.91 Å². The Bertz CT molecular complexity index is 383. The summed E-state index contributed by atoms with van der Waals surface area (Å²) >= 11 is 0. The van der Waals surface area contributed by atoms with Gasteiger partial charge >= 0.3 is 6.09 Å². The zero-order valence-electron chi connectivity index (χ0n) is 14.5. The molecule has 0 aliphatic carbocycles. The predicted octanol–water partition coefficient (Wildman–Crippen LogP) is 1.73. The summed E-state index contributed by atoms with van der Waals surface area (Å²) in [5, 5.41) is 2.92. The van der Waals surface area contributed by atoms with Crippen molar-refractivity contribution in [2.24, 2.45) is 17.6 Å². The number of hydrogen-bond acceptors (Lipinski definition) is 4. The largest absolute Gasteiger partial charge is 0.444 e. The minimum absolute atomic E-state index is 0.0930. The van der Waals surface area contributed by atoms with E-state index in [-0.39, 0.29) is 17.9 Å². The van der Waals surface area contributed by atoms with Crippen LogP contribution >= 0.6 is 0 Å². The van der Waals surface area contributed by atoms with Crippen molar-refractivity contribution in [2.45, 2.75) is 59.1 Å². The Morgan fingerprint density at radius 1 is 1.27 bits per heavy atom. The molecule has 0 bridgehead atoms. The highest BCUT2D eigenvalue weighted by Gasteiger charge is 2.27. The zero-order chi connectivity index (χ0) is 16.9. The van der Waals surface area contributed by atoms with Crippen LogP contribution in [0.2, 0.25) is 0 Å². The Kier molecular flexibility index (Phi) is 6.66. The van der Waals surface area contributed by atoms with E-state index in [4.69, 9.17) is 10.5 Å². The minimum atomic E-state index is -0.463. The van der Waals surface area contributed by atoms with Gasteiger partial charge in [0.25, 0.3) is 0 Å². The Morgan fingerprint density at radius 3 is 2.27 bits per heavy atom. The van der Waals surface area contributed by atoms with E-state index in [1.807, 2.05) is 34.6 Å². The standard InChI is InChI=1S/C16H31N3O3/c1-11(2)13(17)14(20)18-10-12-6-8-19(9-7-12)15(21)22-16(3,4)5/h11-13H,6-10,17H2,1-5H3,(H,18,20)/t13-/m0/s1. The van der Waals surface area contributed by atoms with E-state index in [1.165, 1.54) is 0 Å². The van der Waals surface area contributed by atoms with E-state index in [0.29, 0.717) is 25.6 Å². The quantitative estimate of drug-likeness (QED) is 0.828. The molecule has 0 aromatic heterocycles. The Labute approximate surface area is 133 Å². The van der Waals surface area contributed by atoms with E-state index >= 15 is 0 Å². The van der Waals surface area contributed by atoms with Gasteiger partial charge in [0.1, 0.15) is 5.60 Å². The van der Waals surface area contributed by atoms with Gasteiger partial charge in [-0.15, -0.1) is 0 Å². The van der Waals surface area contributed by atoms with Crippen LogP contribution in [-0.4, -0.2) is 48.2 Å². The number of amides is 2. The van der Waals surface area contributed by atoms with Crippen LogP contribution in [0.5, 0.6) is 0 Å². The van der Waals surface area contributed by atoms with Gasteiger partial charge in [0.15, 0.2) is 0 Å². The second kappa shape index (κ2) is 7.81. The van der Waals surface area contributed by atoms with Gasteiger partial charge in [-0.2, -0.15) is 0 Å². The maximum atomic E-state index is 12.0. The van der Waals surface area contributed by atoms with Gasteiger partial charge in [0, 0.05) is 19.6 Å². The first kappa shape index (κ1) is 18.7. The van der Waals surface area contributed by atoms with Crippen LogP contribution in [0, 0.1) is 11.8 Å². The van der Waals surface area contributed by atoms with E-state index in [2.05, 4.69) is 5.32 Å². The molecule has 6 heteroatoms. The van der Waals surface area contributed by atoms with Crippen molar-refractivity contribution in [3.05, 3.63) is 0 Å². The molecule has 1 rings (SSSR count). The third kappa shape index (κ3) is 6.22. The summed E-state index contributed by atoms with van der Waals surface area (Å²) in [6.07, 6.45) is 1.49. The van der Waals surface area contributed by atoms with Gasteiger partial charge in [-0.1, -0.05) is 13.8 Å². The lowest BCUT2D eigenvalue weighted by Crippen LogP contribution is -2.47. The number of nitrogens with two attached hydrogens (primary N) is 1. The van der Waals surface area contributed by atoms with Crippen molar-refractivity contribution in [1.29, 1.82) is 0 Å². The van der Waals surface area contributed by atoms with Gasteiger partial charge in [-0.05, 0) is 45.4 Å². The monoisotopic (exact) mass is 313 g/mol. The maximum Gasteiger partial charge on any atom is 0.410 e. The number of likely N-dealkylation sites (tertiary alicyclic amines) is 1. The fraction of sp³-hybridized carbons (Fsp3) is 0.875. The fourth-order valence-corrected chi connectivity index (χ4v) is 2.31. The molecule has 1 heterocycles. The summed E-state index contributed by atoms with van der Waals surface area (Å²) in [6.45, 7) is 11.4. The smallest absolute Gasteiger partial charge is 0.410 e. The number of nitrogens with one attached hydrogen (secondary N) is 1. The van der Waals surface area contributed by atoms with Crippen LogP contribution in [0.15, 0.2) is 0 Å². The molecule has 1 saturated heterocycles. The van der Waals surface area contributed by atoms with Crippen molar-refractivity contribution < 1.29 is 14.3 Å². The minimum Gasteiger partial charge on any atom is -0.444 e. The third-order valence-corrected chi connectivity index (χ3v) is 3.85. The summed E-state index contributed by atoms with van der Waals surface area (Å²) in [7, 11) is 0. The van der Waals surface area contributed by atoms with Crippen LogP contribution in [0.4, 0.5) is 4.79 Å². The van der Waals surface area contributed by atoms with E-state index in [0.717, 1.165) is 12.8 Å². The Balaban J connectivity index is 2.31. The van der Waals surface area contributed by atoms with Crippen LogP contribution in [-0.2, 0) is 9.53 Å². The summed E-state index contributed by atoms with van der Waals surface area (Å²) < 4.78 is 5.37. The molecule has 22 heavy (non-hydrogen) atoms. The van der Waals surface area contributed by atoms with E-state index in [1.54, 1.807) is 4.90 Å². The Morgan fingerprint density at radius 2 is 1.82 bits per heavy atom. The first-order valence-corrected chi connectivity index (χ1v) is 8.11. The molecule has 0 aromatic carbocycles. The number of hydrogen-bond donors (Lipinski definition) is 2. The summed E-state index contributed by atoms with van der Waals surface area (Å²) in [5.41, 5.74) is 5.35. The third-order valence-electron chi connectivity index (χ3n) is 3.85. The molecular formula is C16H31N3O3. The van der Waals surface area contributed by atoms with Gasteiger partial charge in [-0.3, -0.25) is 4.79 Å². The van der Waals surface area contributed by atoms with Crippen molar-refractivity contribution >= 4 is 12.0 Å². The first-order chi connectivity index (χ1) is 10.1. The van der Waals surface area contributed by atoms with Gasteiger partial charge in [-0.25, -0.2) is 4.79 Å². The molecule has 0 spiro atoms. The second-order valence-corrected chi connectivity index (χ2v) is 7.43. The molecule has 1 aliphatic rings. The molecule has 0 unspecified atom stereocenters. The molecule has 0 saturated carbocycles. The van der Waals surface area contributed by atoms with E-state index in [9.17, 15) is 9.59 Å². The highest BCUT2D eigenvalue weighted by Crippen LogP contribution is 2.19. The number of ether oxygens (including phenoxy) is 1. The van der Waals surface area contributed by atoms with Crippen molar-refractivity contribution in [3.8, 4) is 0 Å². The first-order valence-electron chi connectivity index (χ1n) is 8.11. The van der Waals surface area contributed by atoms with Crippen molar-refractivity contribution in [2.75, 3.05) is 19.6 Å². The molecule has 1 aliphatic heterocycles. The van der Waals surface area contributed by atoms with Gasteiger partial charge in [0.05, 0.1) is 6.04 Å². The van der Waals surface area contributed by atoms with Crippen LogP contribution in [0.25, 0.3) is 0 Å². The van der Waals surface area contributed by atoms with Crippen molar-refractivity contribution in [3.63, 3.8) is 0 Å².